The minimum Gasteiger partial charge on any atom is -0.481 e. The number of aromatic nitrogens is 4. The number of H-pyrrole nitrogens is 1. The third kappa shape index (κ3) is 5.88. The Morgan fingerprint density at radius 3 is 2.67 bits per heavy atom. The Bertz CT molecular complexity index is 1150. The first-order valence-corrected chi connectivity index (χ1v) is 10.3. The summed E-state index contributed by atoms with van der Waals surface area (Å²) < 4.78 is 0. The van der Waals surface area contributed by atoms with Gasteiger partial charge in [0.1, 0.15) is 6.04 Å². The van der Waals surface area contributed by atoms with Gasteiger partial charge >= 0.3 is 11.9 Å². The van der Waals surface area contributed by atoms with Crippen LogP contribution in [0.1, 0.15) is 31.4 Å². The van der Waals surface area contributed by atoms with E-state index in [0.717, 1.165) is 4.90 Å². The molecule has 1 aliphatic rings. The lowest BCUT2D eigenvalue weighted by atomic mass is 9.91. The number of anilines is 1. The van der Waals surface area contributed by atoms with Crippen molar-refractivity contribution in [2.24, 2.45) is 5.92 Å². The van der Waals surface area contributed by atoms with Gasteiger partial charge in [0.05, 0.1) is 17.8 Å². The number of hydrogen-bond donors (Lipinski definition) is 5. The molecule has 3 rings (SSSR count). The average molecular weight is 459 g/mol. The molecule has 0 aromatic carbocycles. The number of likely N-dealkylation sites (N-methyl/N-ethyl adjacent to an activating group) is 1. The Labute approximate surface area is 187 Å². The van der Waals surface area contributed by atoms with Gasteiger partial charge in [-0.3, -0.25) is 19.4 Å². The summed E-state index contributed by atoms with van der Waals surface area (Å²) in [5, 5.41) is 21.4. The molecule has 0 spiro atoms. The van der Waals surface area contributed by atoms with Gasteiger partial charge in [0.25, 0.3) is 5.56 Å². The summed E-state index contributed by atoms with van der Waals surface area (Å²) in [7, 11) is 1.38. The van der Waals surface area contributed by atoms with Crippen LogP contribution in [-0.2, 0) is 20.9 Å². The van der Waals surface area contributed by atoms with Crippen molar-refractivity contribution in [3.05, 3.63) is 34.4 Å². The first-order chi connectivity index (χ1) is 15.7. The van der Waals surface area contributed by atoms with E-state index in [0.29, 0.717) is 25.1 Å². The molecule has 0 bridgehead atoms. The summed E-state index contributed by atoms with van der Waals surface area (Å²) in [5.74, 6) is -3.25. The Morgan fingerprint density at radius 1 is 1.27 bits per heavy atom. The summed E-state index contributed by atoms with van der Waals surface area (Å²) in [6.07, 6.45) is 5.66. The summed E-state index contributed by atoms with van der Waals surface area (Å²) in [6.45, 7) is 0.330. The number of aromatic amines is 1. The fourth-order valence-electron chi connectivity index (χ4n) is 3.65. The van der Waals surface area contributed by atoms with Gasteiger partial charge < -0.3 is 26.2 Å². The number of aliphatic carboxylic acids is 2. The normalized spacial score (nSPS) is 18.7. The number of nitrogens with one attached hydrogen (secondary N) is 2. The van der Waals surface area contributed by atoms with E-state index in [-0.39, 0.29) is 41.9 Å². The molecule has 0 aliphatic heterocycles. The van der Waals surface area contributed by atoms with Crippen molar-refractivity contribution in [1.29, 1.82) is 0 Å². The van der Waals surface area contributed by atoms with E-state index >= 15 is 0 Å². The van der Waals surface area contributed by atoms with Crippen LogP contribution in [0.4, 0.5) is 5.95 Å². The molecule has 1 aliphatic carbocycles. The number of carbonyl (C=O) groups is 3. The Kier molecular flexibility index (Phi) is 7.33. The third-order valence-corrected chi connectivity index (χ3v) is 5.44. The number of fused-ring (bicyclic) bond motifs is 1. The number of carboxylic acid groups (broad SMARTS) is 2. The second-order valence-corrected chi connectivity index (χ2v) is 7.78. The highest BCUT2D eigenvalue weighted by Crippen LogP contribution is 2.22. The monoisotopic (exact) mass is 459 g/mol. The predicted molar refractivity (Wildman–Crippen MR) is 116 cm³/mol. The number of hydrogen-bond acceptors (Lipinski definition) is 9. The van der Waals surface area contributed by atoms with Crippen LogP contribution in [0.5, 0.6) is 0 Å². The highest BCUT2D eigenvalue weighted by Gasteiger charge is 2.31. The second kappa shape index (κ2) is 10.2. The van der Waals surface area contributed by atoms with E-state index in [9.17, 15) is 24.3 Å². The Morgan fingerprint density at radius 2 is 2.03 bits per heavy atom. The van der Waals surface area contributed by atoms with E-state index in [2.05, 4.69) is 25.3 Å². The van der Waals surface area contributed by atoms with Crippen LogP contribution in [0.25, 0.3) is 11.2 Å². The smallest absolute Gasteiger partial charge is 0.326 e. The van der Waals surface area contributed by atoms with Crippen LogP contribution in [0.15, 0.2) is 23.1 Å². The molecule has 3 unspecified atom stereocenters. The van der Waals surface area contributed by atoms with Crippen molar-refractivity contribution < 1.29 is 24.6 Å². The lowest BCUT2D eigenvalue weighted by Gasteiger charge is -2.30. The number of amides is 1. The Balaban J connectivity index is 1.58. The van der Waals surface area contributed by atoms with Crippen molar-refractivity contribution in [1.82, 2.24) is 30.2 Å². The van der Waals surface area contributed by atoms with Gasteiger partial charge in [0.15, 0.2) is 11.2 Å². The number of nitrogens with two attached hydrogens (primary N) is 1. The molecule has 2 aromatic heterocycles. The molecule has 1 amide bonds. The molecule has 2 heterocycles. The van der Waals surface area contributed by atoms with Gasteiger partial charge in [-0.2, -0.15) is 4.98 Å². The van der Waals surface area contributed by atoms with E-state index in [1.807, 2.05) is 6.08 Å². The zero-order valence-corrected chi connectivity index (χ0v) is 17.9. The number of nitrogens with zero attached hydrogens (tertiary/aromatic N) is 4. The first kappa shape index (κ1) is 23.8. The van der Waals surface area contributed by atoms with Crippen molar-refractivity contribution in [2.75, 3.05) is 12.8 Å². The molecular formula is C20H25N7O6. The van der Waals surface area contributed by atoms with Crippen LogP contribution >= 0.6 is 0 Å². The molecule has 0 radical (unpaired) electrons. The molecule has 13 nitrogen and oxygen atoms in total. The standard InChI is InChI=1S/C20H25N7O6/c1-27(13(19(32)33)6-7-14(28)29)18(31)10-2-4-11(5-3-10)22-8-12-9-23-16-15(24-12)17(30)26-20(21)25-16/h2,4,9-11,13,22H,3,5-8H2,1H3,(H,28,29)(H,32,33)(H3,21,23,25,26,30). The lowest BCUT2D eigenvalue weighted by Crippen LogP contribution is -2.45. The van der Waals surface area contributed by atoms with Gasteiger partial charge in [0, 0.05) is 26.1 Å². The Hall–Kier alpha value is -3.87. The van der Waals surface area contributed by atoms with Crippen molar-refractivity contribution in [2.45, 2.75) is 44.3 Å². The van der Waals surface area contributed by atoms with Gasteiger partial charge in [-0.15, -0.1) is 0 Å². The molecular weight excluding hydrogens is 434 g/mol. The van der Waals surface area contributed by atoms with E-state index in [4.69, 9.17) is 10.8 Å². The predicted octanol–water partition coefficient (Wildman–Crippen LogP) is -0.504. The molecule has 0 saturated heterocycles. The highest BCUT2D eigenvalue weighted by molar-refractivity contribution is 5.86. The van der Waals surface area contributed by atoms with Crippen LogP contribution in [0.3, 0.4) is 0 Å². The summed E-state index contributed by atoms with van der Waals surface area (Å²) >= 11 is 0. The van der Waals surface area contributed by atoms with Gasteiger partial charge in [-0.05, 0) is 19.3 Å². The molecule has 176 valence electrons. The zero-order chi connectivity index (χ0) is 24.1. The van der Waals surface area contributed by atoms with E-state index < -0.39 is 29.5 Å². The van der Waals surface area contributed by atoms with Crippen LogP contribution < -0.4 is 16.6 Å². The summed E-state index contributed by atoms with van der Waals surface area (Å²) in [5.41, 5.74) is 5.80. The maximum atomic E-state index is 12.7. The van der Waals surface area contributed by atoms with Crippen LogP contribution in [-0.4, -0.2) is 72.0 Å². The molecule has 33 heavy (non-hydrogen) atoms. The topological polar surface area (TPSA) is 204 Å². The van der Waals surface area contributed by atoms with Crippen molar-refractivity contribution in [3.63, 3.8) is 0 Å². The molecule has 0 saturated carbocycles. The average Bonchev–Trinajstić information content (AvgIpc) is 2.77. The molecule has 0 fully saturated rings. The summed E-state index contributed by atoms with van der Waals surface area (Å²) in [4.78, 5) is 62.7. The largest absolute Gasteiger partial charge is 0.481 e. The maximum absolute atomic E-state index is 12.7. The third-order valence-electron chi connectivity index (χ3n) is 5.44. The highest BCUT2D eigenvalue weighted by atomic mass is 16.4. The number of carbonyl (C=O) groups excluding carboxylic acids is 1. The fraction of sp³-hybridized carbons (Fsp3) is 0.450. The van der Waals surface area contributed by atoms with E-state index in [1.165, 1.54) is 13.2 Å². The number of carboxylic acids is 2. The lowest BCUT2D eigenvalue weighted by molar-refractivity contribution is -0.151. The fourth-order valence-corrected chi connectivity index (χ4v) is 3.65. The molecule has 2 aromatic rings. The minimum atomic E-state index is -1.24. The second-order valence-electron chi connectivity index (χ2n) is 7.78. The van der Waals surface area contributed by atoms with Crippen LogP contribution in [0.2, 0.25) is 0 Å². The number of nitrogen functional groups attached to an aromatic ring is 1. The minimum absolute atomic E-state index is 0.0358. The van der Waals surface area contributed by atoms with Crippen molar-refractivity contribution in [3.8, 4) is 0 Å². The SMILES string of the molecule is CN(C(=O)C1C=CC(NCc2cnc3nc(N)[nH]c(=O)c3n2)CC1)C(CCC(=O)O)C(=O)O. The van der Waals surface area contributed by atoms with Gasteiger partial charge in [0.2, 0.25) is 11.9 Å². The molecule has 6 N–H and O–H groups in total. The van der Waals surface area contributed by atoms with Gasteiger partial charge in [-0.1, -0.05) is 12.2 Å². The first-order valence-electron chi connectivity index (χ1n) is 10.3. The maximum Gasteiger partial charge on any atom is 0.326 e. The van der Waals surface area contributed by atoms with Crippen LogP contribution in [0, 0.1) is 5.92 Å². The summed E-state index contributed by atoms with van der Waals surface area (Å²) in [6, 6.07) is -1.25. The quantitative estimate of drug-likeness (QED) is 0.302. The van der Waals surface area contributed by atoms with E-state index in [1.54, 1.807) is 6.08 Å². The van der Waals surface area contributed by atoms with Crippen molar-refractivity contribution >= 4 is 35.0 Å². The molecule has 13 heteroatoms. The van der Waals surface area contributed by atoms with Gasteiger partial charge in [-0.25, -0.2) is 14.8 Å². The number of rotatable bonds is 9. The molecule has 3 atom stereocenters. The zero-order valence-electron chi connectivity index (χ0n) is 17.9.